The first-order valence-electron chi connectivity index (χ1n) is 15.5. The molecule has 2 bridgehead atoms. The first-order valence-corrected chi connectivity index (χ1v) is 15.5. The molecule has 6 rings (SSSR count). The van der Waals surface area contributed by atoms with Crippen LogP contribution in [-0.2, 0) is 43.4 Å². The quantitative estimate of drug-likeness (QED) is 0.398. The molecule has 4 heterocycles. The van der Waals surface area contributed by atoms with Gasteiger partial charge in [-0.25, -0.2) is 0 Å². The number of hydrogen-bond donors (Lipinski definition) is 4. The number of hydrogen-bond acceptors (Lipinski definition) is 7. The van der Waals surface area contributed by atoms with Crippen molar-refractivity contribution < 1.29 is 33.4 Å². The van der Waals surface area contributed by atoms with E-state index in [1.54, 1.807) is 31.2 Å². The molecule has 4 aliphatic heterocycles. The summed E-state index contributed by atoms with van der Waals surface area (Å²) in [5.41, 5.74) is 2.76. The maximum absolute atomic E-state index is 13.5. The number of amides is 5. The second-order valence-electron chi connectivity index (χ2n) is 12.2. The van der Waals surface area contributed by atoms with E-state index in [1.165, 1.54) is 4.90 Å². The first-order chi connectivity index (χ1) is 21.6. The molecule has 45 heavy (non-hydrogen) atoms. The summed E-state index contributed by atoms with van der Waals surface area (Å²) in [5.74, 6) is -1.13. The van der Waals surface area contributed by atoms with E-state index in [-0.39, 0.29) is 37.3 Å². The normalized spacial score (nSPS) is 24.2. The van der Waals surface area contributed by atoms with Gasteiger partial charge < -0.3 is 35.6 Å². The van der Waals surface area contributed by atoms with Crippen LogP contribution in [0, 0.1) is 5.92 Å². The smallest absolute Gasteiger partial charge is 0.258 e. The molecule has 12 nitrogen and oxygen atoms in total. The van der Waals surface area contributed by atoms with E-state index < -0.39 is 41.9 Å². The maximum atomic E-state index is 13.5. The largest absolute Gasteiger partial charge is 0.493 e. The number of nitrogens with one attached hydrogen (secondary N) is 4. The van der Waals surface area contributed by atoms with Gasteiger partial charge in [-0.1, -0.05) is 38.1 Å². The molecular weight excluding hydrogens is 578 g/mol. The summed E-state index contributed by atoms with van der Waals surface area (Å²) < 4.78 is 11.2. The van der Waals surface area contributed by atoms with Crippen LogP contribution in [0.1, 0.15) is 50.3 Å². The fourth-order valence-corrected chi connectivity index (χ4v) is 5.86. The molecule has 0 spiro atoms. The summed E-state index contributed by atoms with van der Waals surface area (Å²) in [6.07, 6.45) is 2.04. The third kappa shape index (κ3) is 7.73. The van der Waals surface area contributed by atoms with Crippen LogP contribution in [0.15, 0.2) is 42.5 Å². The monoisotopic (exact) mass is 619 g/mol. The summed E-state index contributed by atoms with van der Waals surface area (Å²) in [7, 11) is 0. The van der Waals surface area contributed by atoms with Gasteiger partial charge in [-0.2, -0.15) is 0 Å². The number of fused-ring (bicyclic) bond motifs is 14. The highest BCUT2D eigenvalue weighted by molar-refractivity contribution is 5.96. The molecule has 0 saturated carbocycles. The van der Waals surface area contributed by atoms with Gasteiger partial charge in [-0.05, 0) is 60.6 Å². The van der Waals surface area contributed by atoms with Crippen molar-refractivity contribution >= 4 is 29.5 Å². The molecule has 0 unspecified atom stereocenters. The minimum atomic E-state index is -0.972. The van der Waals surface area contributed by atoms with Gasteiger partial charge in [-0.15, -0.1) is 0 Å². The van der Waals surface area contributed by atoms with Crippen LogP contribution in [0.5, 0.6) is 11.5 Å². The van der Waals surface area contributed by atoms with Crippen molar-refractivity contribution in [3.05, 3.63) is 59.2 Å². The van der Waals surface area contributed by atoms with E-state index in [2.05, 4.69) is 21.3 Å². The molecule has 1 fully saturated rings. The van der Waals surface area contributed by atoms with Crippen LogP contribution in [0.4, 0.5) is 0 Å². The topological polar surface area (TPSA) is 155 Å². The zero-order chi connectivity index (χ0) is 32.1. The van der Waals surface area contributed by atoms with E-state index in [0.29, 0.717) is 31.7 Å². The lowest BCUT2D eigenvalue weighted by atomic mass is 10.0. The third-order valence-corrected chi connectivity index (χ3v) is 8.43. The van der Waals surface area contributed by atoms with Gasteiger partial charge in [0, 0.05) is 25.9 Å². The minimum Gasteiger partial charge on any atom is -0.493 e. The van der Waals surface area contributed by atoms with E-state index in [4.69, 9.17) is 9.47 Å². The molecule has 0 aliphatic carbocycles. The zero-order valence-electron chi connectivity index (χ0n) is 25.9. The highest BCUT2D eigenvalue weighted by Crippen LogP contribution is 2.26. The Morgan fingerprint density at radius 2 is 1.78 bits per heavy atom. The standard InChI is InChI=1S/C33H41N5O7/c1-19(2)29-33(43)38-13-4-5-26(38)32(42)35-20(3)30(40)36-25(16-21-6-9-24(10-7-21)45-18-28(39)37-29)31(41)34-17-22-8-11-27-23(15-22)12-14-44-27/h6-11,15,19-20,25-26,29H,4-5,12-14,16-18H2,1-3H3,(H,34,41)(H,35,42)(H,36,40)(H,37,39)/t20-,25+,26-,29+/m0/s1. The Bertz CT molecular complexity index is 1440. The Morgan fingerprint density at radius 3 is 2.53 bits per heavy atom. The second-order valence-corrected chi connectivity index (χ2v) is 12.2. The second kappa shape index (κ2) is 14.0. The number of ether oxygens (including phenoxy) is 2. The summed E-state index contributed by atoms with van der Waals surface area (Å²) in [5, 5.41) is 11.2. The van der Waals surface area contributed by atoms with Crippen molar-refractivity contribution in [3.63, 3.8) is 0 Å². The summed E-state index contributed by atoms with van der Waals surface area (Å²) >= 11 is 0. The van der Waals surface area contributed by atoms with Crippen LogP contribution in [-0.4, -0.2) is 78.4 Å². The van der Waals surface area contributed by atoms with E-state index in [0.717, 1.165) is 28.9 Å². The van der Waals surface area contributed by atoms with Gasteiger partial charge in [0.05, 0.1) is 6.61 Å². The Kier molecular flexibility index (Phi) is 9.90. The predicted octanol–water partition coefficient (Wildman–Crippen LogP) is 0.994. The van der Waals surface area contributed by atoms with Crippen molar-refractivity contribution in [1.29, 1.82) is 0 Å². The molecule has 0 aromatic heterocycles. The van der Waals surface area contributed by atoms with Gasteiger partial charge in [0.1, 0.15) is 35.7 Å². The molecule has 4 N–H and O–H groups in total. The number of nitrogens with zero attached hydrogens (tertiary/aromatic N) is 1. The lowest BCUT2D eigenvalue weighted by Gasteiger charge is -2.31. The molecule has 0 radical (unpaired) electrons. The fourth-order valence-electron chi connectivity index (χ4n) is 5.86. The van der Waals surface area contributed by atoms with E-state index in [9.17, 15) is 24.0 Å². The number of benzene rings is 2. The van der Waals surface area contributed by atoms with Gasteiger partial charge in [0.15, 0.2) is 6.61 Å². The first kappa shape index (κ1) is 31.8. The van der Waals surface area contributed by atoms with Crippen LogP contribution in [0.3, 0.4) is 0 Å². The molecule has 2 aromatic rings. The fraction of sp³-hybridized carbons (Fsp3) is 0.485. The Balaban J connectivity index is 1.35. The average molecular weight is 620 g/mol. The number of rotatable bonds is 4. The number of carbonyl (C=O) groups is 5. The maximum Gasteiger partial charge on any atom is 0.258 e. The molecule has 2 aromatic carbocycles. The molecule has 240 valence electrons. The van der Waals surface area contributed by atoms with Gasteiger partial charge >= 0.3 is 0 Å². The molecular formula is C33H41N5O7. The number of carbonyl (C=O) groups excluding carboxylic acids is 5. The van der Waals surface area contributed by atoms with Crippen molar-refractivity contribution in [3.8, 4) is 11.5 Å². The zero-order valence-corrected chi connectivity index (χ0v) is 25.9. The molecule has 4 aliphatic rings. The SMILES string of the molecule is CC(C)[C@H]1NC(=O)COc2ccc(cc2)C[C@H](C(=O)NCc2ccc3c(c2)CCO3)NC(=O)[C@H](C)NC(=O)[C@@H]2CCCN2C1=O. The van der Waals surface area contributed by atoms with Gasteiger partial charge in [0.25, 0.3) is 5.91 Å². The van der Waals surface area contributed by atoms with E-state index in [1.807, 2.05) is 32.0 Å². The molecule has 12 heteroatoms. The Labute approximate surface area is 262 Å². The minimum absolute atomic E-state index is 0.179. The highest BCUT2D eigenvalue weighted by atomic mass is 16.5. The van der Waals surface area contributed by atoms with Crippen molar-refractivity contribution in [2.24, 2.45) is 5.92 Å². The van der Waals surface area contributed by atoms with Gasteiger partial charge in [-0.3, -0.25) is 24.0 Å². The molecule has 4 atom stereocenters. The van der Waals surface area contributed by atoms with Crippen molar-refractivity contribution in [1.82, 2.24) is 26.2 Å². The molecule has 5 amide bonds. The Morgan fingerprint density at radius 1 is 1.00 bits per heavy atom. The third-order valence-electron chi connectivity index (χ3n) is 8.43. The van der Waals surface area contributed by atoms with Crippen LogP contribution >= 0.6 is 0 Å². The van der Waals surface area contributed by atoms with E-state index >= 15 is 0 Å². The molecule has 1 saturated heterocycles. The summed E-state index contributed by atoms with van der Waals surface area (Å²) in [6.45, 7) is 6.15. The lowest BCUT2D eigenvalue weighted by Crippen LogP contribution is -2.58. The highest BCUT2D eigenvalue weighted by Gasteiger charge is 2.39. The van der Waals surface area contributed by atoms with Crippen molar-refractivity contribution in [2.75, 3.05) is 19.8 Å². The lowest BCUT2D eigenvalue weighted by molar-refractivity contribution is -0.143. The van der Waals surface area contributed by atoms with Crippen LogP contribution in [0.2, 0.25) is 0 Å². The average Bonchev–Trinajstić information content (AvgIpc) is 3.71. The van der Waals surface area contributed by atoms with Crippen LogP contribution < -0.4 is 30.7 Å². The van der Waals surface area contributed by atoms with Gasteiger partial charge in [0.2, 0.25) is 23.6 Å². The Hall–Kier alpha value is -4.61. The summed E-state index contributed by atoms with van der Waals surface area (Å²) in [6, 6.07) is 9.14. The van der Waals surface area contributed by atoms with Crippen molar-refractivity contribution in [2.45, 2.75) is 77.2 Å². The predicted molar refractivity (Wildman–Crippen MR) is 164 cm³/mol. The van der Waals surface area contributed by atoms with Crippen LogP contribution in [0.25, 0.3) is 0 Å². The summed E-state index contributed by atoms with van der Waals surface area (Å²) in [4.78, 5) is 67.9.